The maximum atomic E-state index is 11.5. The first kappa shape index (κ1) is 15.6. The van der Waals surface area contributed by atoms with E-state index >= 15 is 0 Å². The van der Waals surface area contributed by atoms with E-state index in [0.29, 0.717) is 5.82 Å². The van der Waals surface area contributed by atoms with Gasteiger partial charge in [0, 0.05) is 18.5 Å². The molecule has 0 aliphatic carbocycles. The molecule has 9 nitrogen and oxygen atoms in total. The average molecular weight is 323 g/mol. The number of aromatic nitrogens is 2. The van der Waals surface area contributed by atoms with Crippen LogP contribution in [-0.4, -0.2) is 29.6 Å². The van der Waals surface area contributed by atoms with Gasteiger partial charge in [0.05, 0.1) is 16.4 Å². The summed E-state index contributed by atoms with van der Waals surface area (Å²) in [6.45, 7) is 0.115. The van der Waals surface area contributed by atoms with Gasteiger partial charge in [-0.1, -0.05) is 0 Å². The highest BCUT2D eigenvalue weighted by Gasteiger charge is 2.18. The smallest absolute Gasteiger partial charge is 0.293 e. The number of nitro benzene ring substituents is 1. The van der Waals surface area contributed by atoms with E-state index in [4.69, 9.17) is 5.73 Å². The van der Waals surface area contributed by atoms with Crippen molar-refractivity contribution in [2.75, 3.05) is 17.3 Å². The third kappa shape index (κ3) is 3.67. The maximum Gasteiger partial charge on any atom is 0.293 e. The first-order chi connectivity index (χ1) is 10.3. The molecule has 0 radical (unpaired) electrons. The van der Waals surface area contributed by atoms with Gasteiger partial charge in [0.2, 0.25) is 0 Å². The number of benzene rings is 1. The van der Waals surface area contributed by atoms with Crippen LogP contribution >= 0.6 is 0 Å². The lowest BCUT2D eigenvalue weighted by molar-refractivity contribution is -0.384. The zero-order valence-corrected chi connectivity index (χ0v) is 12.4. The van der Waals surface area contributed by atoms with Crippen molar-refractivity contribution in [2.24, 2.45) is 0 Å². The Morgan fingerprint density at radius 3 is 2.68 bits per heavy atom. The zero-order chi connectivity index (χ0) is 16.3. The predicted octanol–water partition coefficient (Wildman–Crippen LogP) is 0.983. The van der Waals surface area contributed by atoms with Crippen LogP contribution < -0.4 is 11.1 Å². The molecule has 0 saturated carbocycles. The number of rotatable bonds is 5. The molecule has 22 heavy (non-hydrogen) atoms. The summed E-state index contributed by atoms with van der Waals surface area (Å²) in [5.74, 6) is 0.648. The van der Waals surface area contributed by atoms with E-state index in [-0.39, 0.29) is 28.6 Å². The summed E-state index contributed by atoms with van der Waals surface area (Å²) in [7, 11) is -3.52. The fourth-order valence-corrected chi connectivity index (χ4v) is 2.36. The van der Waals surface area contributed by atoms with Crippen molar-refractivity contribution in [3.8, 4) is 0 Å². The van der Waals surface area contributed by atoms with Gasteiger partial charge >= 0.3 is 0 Å². The van der Waals surface area contributed by atoms with Gasteiger partial charge < -0.3 is 11.1 Å². The van der Waals surface area contributed by atoms with Crippen LogP contribution in [0.2, 0.25) is 0 Å². The lowest BCUT2D eigenvalue weighted by Crippen LogP contribution is -2.08. The number of sulfone groups is 1. The predicted molar refractivity (Wildman–Crippen MR) is 80.0 cm³/mol. The van der Waals surface area contributed by atoms with Crippen LogP contribution in [0.25, 0.3) is 0 Å². The van der Waals surface area contributed by atoms with Crippen molar-refractivity contribution in [2.45, 2.75) is 11.4 Å². The van der Waals surface area contributed by atoms with Gasteiger partial charge in [-0.15, -0.1) is 0 Å². The molecule has 1 aromatic heterocycles. The highest BCUT2D eigenvalue weighted by Crippen LogP contribution is 2.27. The summed E-state index contributed by atoms with van der Waals surface area (Å²) >= 11 is 0. The van der Waals surface area contributed by atoms with Crippen molar-refractivity contribution < 1.29 is 13.3 Å². The Balaban J connectivity index is 2.29. The molecule has 0 bridgehead atoms. The Morgan fingerprint density at radius 2 is 2.09 bits per heavy atom. The second-order valence-electron chi connectivity index (χ2n) is 4.46. The first-order valence-electron chi connectivity index (χ1n) is 6.07. The van der Waals surface area contributed by atoms with E-state index < -0.39 is 14.8 Å². The first-order valence-corrected chi connectivity index (χ1v) is 7.96. The minimum absolute atomic E-state index is 0.115. The minimum atomic E-state index is -3.52. The van der Waals surface area contributed by atoms with Crippen LogP contribution in [0.3, 0.4) is 0 Å². The van der Waals surface area contributed by atoms with Crippen LogP contribution in [0, 0.1) is 10.1 Å². The minimum Gasteiger partial charge on any atom is -0.384 e. The number of nitrogens with two attached hydrogens (primary N) is 1. The fraction of sp³-hybridized carbons (Fsp3) is 0.167. The molecule has 2 rings (SSSR count). The zero-order valence-electron chi connectivity index (χ0n) is 11.6. The molecule has 2 aromatic rings. The van der Waals surface area contributed by atoms with E-state index in [1.54, 1.807) is 0 Å². The lowest BCUT2D eigenvalue weighted by atomic mass is 10.2. The molecular weight excluding hydrogens is 310 g/mol. The van der Waals surface area contributed by atoms with Crippen molar-refractivity contribution in [3.63, 3.8) is 0 Å². The Morgan fingerprint density at radius 1 is 1.36 bits per heavy atom. The molecule has 1 heterocycles. The molecule has 0 spiro atoms. The largest absolute Gasteiger partial charge is 0.384 e. The molecule has 0 aliphatic heterocycles. The molecule has 0 saturated heterocycles. The molecular formula is C12H13N5O4S. The molecule has 116 valence electrons. The Hall–Kier alpha value is -2.75. The summed E-state index contributed by atoms with van der Waals surface area (Å²) in [6, 6.07) is 5.16. The number of nitrogens with one attached hydrogen (secondary N) is 1. The van der Waals surface area contributed by atoms with Crippen molar-refractivity contribution >= 4 is 27.0 Å². The standard InChI is InChI=1S/C12H13N5O4S/c1-22(20,21)8-2-3-9(10(6-8)17(18)19)15-7-12-14-5-4-11(13)16-12/h2-6,15H,7H2,1H3,(H2,13,14,16). The number of nitrogen functional groups attached to an aromatic ring is 1. The maximum absolute atomic E-state index is 11.5. The van der Waals surface area contributed by atoms with Gasteiger partial charge in [0.15, 0.2) is 9.84 Å². The lowest BCUT2D eigenvalue weighted by Gasteiger charge is -2.08. The molecule has 3 N–H and O–H groups in total. The number of anilines is 2. The topological polar surface area (TPSA) is 141 Å². The molecule has 1 aromatic carbocycles. The molecule has 10 heteroatoms. The Labute approximate surface area is 126 Å². The SMILES string of the molecule is CS(=O)(=O)c1ccc(NCc2nccc(N)n2)c([N+](=O)[O-])c1. The van der Waals surface area contributed by atoms with Gasteiger partial charge in [-0.3, -0.25) is 10.1 Å². The van der Waals surface area contributed by atoms with E-state index in [1.165, 1.54) is 24.4 Å². The van der Waals surface area contributed by atoms with Crippen LogP contribution in [0.1, 0.15) is 5.82 Å². The highest BCUT2D eigenvalue weighted by molar-refractivity contribution is 7.90. The summed E-state index contributed by atoms with van der Waals surface area (Å²) < 4.78 is 22.9. The van der Waals surface area contributed by atoms with Crippen LogP contribution in [0.5, 0.6) is 0 Å². The number of hydrogen-bond donors (Lipinski definition) is 2. The number of nitrogens with zero attached hydrogens (tertiary/aromatic N) is 3. The van der Waals surface area contributed by atoms with Crippen LogP contribution in [0.4, 0.5) is 17.2 Å². The molecule has 0 atom stereocenters. The summed E-state index contributed by atoms with van der Waals surface area (Å²) in [5.41, 5.74) is 5.35. The number of nitro groups is 1. The third-order valence-electron chi connectivity index (χ3n) is 2.76. The Bertz CT molecular complexity index is 822. The average Bonchev–Trinajstić information content (AvgIpc) is 2.44. The van der Waals surface area contributed by atoms with E-state index in [2.05, 4.69) is 15.3 Å². The second kappa shape index (κ2) is 5.93. The highest BCUT2D eigenvalue weighted by atomic mass is 32.2. The molecule has 0 fully saturated rings. The van der Waals surface area contributed by atoms with E-state index in [9.17, 15) is 18.5 Å². The van der Waals surface area contributed by atoms with Crippen molar-refractivity contribution in [3.05, 3.63) is 46.4 Å². The van der Waals surface area contributed by atoms with Crippen LogP contribution in [0.15, 0.2) is 35.4 Å². The quantitative estimate of drug-likeness (QED) is 0.612. The van der Waals surface area contributed by atoms with Gasteiger partial charge in [0.1, 0.15) is 17.3 Å². The third-order valence-corrected chi connectivity index (χ3v) is 3.87. The molecule has 0 aliphatic rings. The number of hydrogen-bond acceptors (Lipinski definition) is 8. The van der Waals surface area contributed by atoms with Gasteiger partial charge in [0.25, 0.3) is 5.69 Å². The Kier molecular flexibility index (Phi) is 4.22. The van der Waals surface area contributed by atoms with Crippen molar-refractivity contribution in [1.82, 2.24) is 9.97 Å². The summed E-state index contributed by atoms with van der Waals surface area (Å²) in [6.07, 6.45) is 2.46. The van der Waals surface area contributed by atoms with E-state index in [1.807, 2.05) is 0 Å². The normalized spacial score (nSPS) is 11.1. The summed E-state index contributed by atoms with van der Waals surface area (Å²) in [5, 5.41) is 13.9. The molecule has 0 unspecified atom stereocenters. The molecule has 0 amide bonds. The van der Waals surface area contributed by atoms with E-state index in [0.717, 1.165) is 12.3 Å². The van der Waals surface area contributed by atoms with Gasteiger partial charge in [-0.05, 0) is 18.2 Å². The van der Waals surface area contributed by atoms with Crippen molar-refractivity contribution in [1.29, 1.82) is 0 Å². The fourth-order valence-electron chi connectivity index (χ4n) is 1.72. The van der Waals surface area contributed by atoms with Gasteiger partial charge in [-0.25, -0.2) is 18.4 Å². The second-order valence-corrected chi connectivity index (χ2v) is 6.48. The summed E-state index contributed by atoms with van der Waals surface area (Å²) in [4.78, 5) is 18.2. The van der Waals surface area contributed by atoms with Gasteiger partial charge in [-0.2, -0.15) is 0 Å². The van der Waals surface area contributed by atoms with Crippen LogP contribution in [-0.2, 0) is 16.4 Å². The monoisotopic (exact) mass is 323 g/mol.